The molecule has 0 fully saturated rings. The molecule has 0 bridgehead atoms. The van der Waals surface area contributed by atoms with E-state index in [1.165, 1.54) is 0 Å². The number of hydrogen-bond donors (Lipinski definition) is 3. The van der Waals surface area contributed by atoms with Crippen LogP contribution in [0.2, 0.25) is 0 Å². The Balaban J connectivity index is 2.81. The predicted molar refractivity (Wildman–Crippen MR) is 48.0 cm³/mol. The van der Waals surface area contributed by atoms with E-state index >= 15 is 0 Å². The largest absolute Gasteiger partial charge is 0.508 e. The highest BCUT2D eigenvalue weighted by molar-refractivity contribution is 5.96. The Morgan fingerprint density at radius 2 is 2.07 bits per heavy atom. The van der Waals surface area contributed by atoms with Crippen LogP contribution in [0, 0.1) is 5.82 Å². The quantitative estimate of drug-likeness (QED) is 0.676. The molecular weight excluding hydrogens is 205 g/mol. The zero-order valence-corrected chi connectivity index (χ0v) is 7.53. The molecule has 0 saturated heterocycles. The summed E-state index contributed by atoms with van der Waals surface area (Å²) in [4.78, 5) is 21.3. The average Bonchev–Trinajstić information content (AvgIpc) is 2.18. The Morgan fingerprint density at radius 3 is 2.67 bits per heavy atom. The fraction of sp³-hybridized carbons (Fsp3) is 0.111. The number of carbonyl (C=O) groups excluding carboxylic acids is 1. The van der Waals surface area contributed by atoms with Crippen LogP contribution in [0.3, 0.4) is 0 Å². The van der Waals surface area contributed by atoms with Crippen LogP contribution >= 0.6 is 0 Å². The number of carboxylic acid groups (broad SMARTS) is 1. The van der Waals surface area contributed by atoms with Gasteiger partial charge < -0.3 is 15.5 Å². The van der Waals surface area contributed by atoms with Gasteiger partial charge in [0.2, 0.25) is 0 Å². The molecule has 5 nitrogen and oxygen atoms in total. The monoisotopic (exact) mass is 213 g/mol. The first-order chi connectivity index (χ1) is 7.00. The third-order valence-electron chi connectivity index (χ3n) is 1.59. The second-order valence-electron chi connectivity index (χ2n) is 2.74. The number of hydrogen-bond acceptors (Lipinski definition) is 3. The number of aromatic hydroxyl groups is 1. The van der Waals surface area contributed by atoms with Crippen molar-refractivity contribution in [3.8, 4) is 5.75 Å². The molecule has 0 aliphatic heterocycles. The fourth-order valence-electron chi connectivity index (χ4n) is 0.938. The molecule has 0 saturated carbocycles. The van der Waals surface area contributed by atoms with Crippen LogP contribution in [0.25, 0.3) is 0 Å². The topological polar surface area (TPSA) is 86.6 Å². The Bertz CT molecular complexity index is 405. The zero-order valence-electron chi connectivity index (χ0n) is 7.53. The summed E-state index contributed by atoms with van der Waals surface area (Å²) in [6, 6.07) is 2.93. The van der Waals surface area contributed by atoms with E-state index in [2.05, 4.69) is 0 Å². The first kappa shape index (κ1) is 11.0. The molecule has 80 valence electrons. The molecule has 0 aromatic heterocycles. The highest BCUT2D eigenvalue weighted by Crippen LogP contribution is 2.14. The summed E-state index contributed by atoms with van der Waals surface area (Å²) in [6.45, 7) is -0.603. The van der Waals surface area contributed by atoms with Gasteiger partial charge in [-0.2, -0.15) is 0 Å². The smallest absolute Gasteiger partial charge is 0.322 e. The van der Waals surface area contributed by atoms with Gasteiger partial charge in [-0.05, 0) is 18.2 Å². The Morgan fingerprint density at radius 1 is 1.40 bits per heavy atom. The number of amides is 1. The van der Waals surface area contributed by atoms with Crippen LogP contribution in [-0.4, -0.2) is 28.6 Å². The van der Waals surface area contributed by atoms with Gasteiger partial charge in [0, 0.05) is 0 Å². The highest BCUT2D eigenvalue weighted by Gasteiger charge is 2.12. The molecular formula is C9H8FNO4. The maximum absolute atomic E-state index is 13.0. The van der Waals surface area contributed by atoms with Crippen molar-refractivity contribution >= 4 is 11.9 Å². The number of halogens is 1. The van der Waals surface area contributed by atoms with Gasteiger partial charge in [-0.15, -0.1) is 0 Å². The van der Waals surface area contributed by atoms with Gasteiger partial charge in [0.25, 0.3) is 5.91 Å². The minimum absolute atomic E-state index is 0.267. The SMILES string of the molecule is O=C(O)CNC(=O)c1cc(O)ccc1F. The predicted octanol–water partition coefficient (Wildman–Crippen LogP) is 0.346. The van der Waals surface area contributed by atoms with Crippen molar-refractivity contribution in [3.63, 3.8) is 0 Å². The summed E-state index contributed by atoms with van der Waals surface area (Å²) in [6.07, 6.45) is 0. The molecule has 6 heteroatoms. The minimum atomic E-state index is -1.23. The van der Waals surface area contributed by atoms with Crippen molar-refractivity contribution in [2.24, 2.45) is 0 Å². The van der Waals surface area contributed by atoms with E-state index in [4.69, 9.17) is 10.2 Å². The van der Waals surface area contributed by atoms with Gasteiger partial charge in [-0.1, -0.05) is 0 Å². The van der Waals surface area contributed by atoms with E-state index in [1.807, 2.05) is 5.32 Å². The third kappa shape index (κ3) is 2.94. The van der Waals surface area contributed by atoms with Gasteiger partial charge >= 0.3 is 5.97 Å². The second kappa shape index (κ2) is 4.41. The van der Waals surface area contributed by atoms with E-state index in [0.29, 0.717) is 0 Å². The summed E-state index contributed by atoms with van der Waals surface area (Å²) in [5.74, 6) is -3.21. The lowest BCUT2D eigenvalue weighted by atomic mass is 10.2. The summed E-state index contributed by atoms with van der Waals surface area (Å²) >= 11 is 0. The van der Waals surface area contributed by atoms with Crippen molar-refractivity contribution < 1.29 is 24.2 Å². The minimum Gasteiger partial charge on any atom is -0.508 e. The van der Waals surface area contributed by atoms with E-state index in [1.54, 1.807) is 0 Å². The maximum atomic E-state index is 13.0. The van der Waals surface area contributed by atoms with Gasteiger partial charge in [-0.3, -0.25) is 9.59 Å². The molecule has 0 atom stereocenters. The van der Waals surface area contributed by atoms with E-state index in [9.17, 15) is 14.0 Å². The van der Waals surface area contributed by atoms with Crippen LogP contribution in [0.5, 0.6) is 5.75 Å². The molecule has 1 rings (SSSR count). The Hall–Kier alpha value is -2.11. The molecule has 0 spiro atoms. The zero-order chi connectivity index (χ0) is 11.4. The number of aliphatic carboxylic acids is 1. The normalized spacial score (nSPS) is 9.67. The molecule has 1 amide bonds. The lowest BCUT2D eigenvalue weighted by Gasteiger charge is -2.03. The maximum Gasteiger partial charge on any atom is 0.322 e. The summed E-state index contributed by atoms with van der Waals surface area (Å²) in [5, 5.41) is 19.3. The van der Waals surface area contributed by atoms with Crippen molar-refractivity contribution in [1.82, 2.24) is 5.32 Å². The average molecular weight is 213 g/mol. The van der Waals surface area contributed by atoms with Crippen LogP contribution in [0.4, 0.5) is 4.39 Å². The van der Waals surface area contributed by atoms with Crippen molar-refractivity contribution in [3.05, 3.63) is 29.6 Å². The molecule has 1 aromatic rings. The molecule has 15 heavy (non-hydrogen) atoms. The summed E-state index contributed by atoms with van der Waals surface area (Å²) in [5.41, 5.74) is -0.392. The lowest BCUT2D eigenvalue weighted by molar-refractivity contribution is -0.135. The molecule has 0 aliphatic carbocycles. The standard InChI is InChI=1S/C9H8FNO4/c10-7-2-1-5(12)3-6(7)9(15)11-4-8(13)14/h1-3,12H,4H2,(H,11,15)(H,13,14). The molecule has 0 aliphatic rings. The third-order valence-corrected chi connectivity index (χ3v) is 1.59. The van der Waals surface area contributed by atoms with E-state index < -0.39 is 29.8 Å². The van der Waals surface area contributed by atoms with Crippen molar-refractivity contribution in [1.29, 1.82) is 0 Å². The molecule has 0 heterocycles. The number of nitrogens with one attached hydrogen (secondary N) is 1. The van der Waals surface area contributed by atoms with E-state index in [0.717, 1.165) is 18.2 Å². The summed E-state index contributed by atoms with van der Waals surface area (Å²) < 4.78 is 13.0. The number of benzene rings is 1. The van der Waals surface area contributed by atoms with Crippen LogP contribution in [0.1, 0.15) is 10.4 Å². The first-order valence-electron chi connectivity index (χ1n) is 3.99. The van der Waals surface area contributed by atoms with Crippen molar-refractivity contribution in [2.75, 3.05) is 6.54 Å². The van der Waals surface area contributed by atoms with Gasteiger partial charge in [0.15, 0.2) is 0 Å². The van der Waals surface area contributed by atoms with Gasteiger partial charge in [-0.25, -0.2) is 4.39 Å². The molecule has 3 N–H and O–H groups in total. The Kier molecular flexibility index (Phi) is 3.22. The molecule has 1 aromatic carbocycles. The number of rotatable bonds is 3. The van der Waals surface area contributed by atoms with Gasteiger partial charge in [0.05, 0.1) is 5.56 Å². The number of phenolic OH excluding ortho intramolecular Hbond substituents is 1. The Labute approximate surface area is 84.2 Å². The van der Waals surface area contributed by atoms with Gasteiger partial charge in [0.1, 0.15) is 18.1 Å². The van der Waals surface area contributed by atoms with Crippen LogP contribution < -0.4 is 5.32 Å². The van der Waals surface area contributed by atoms with E-state index in [-0.39, 0.29) is 5.75 Å². The lowest BCUT2D eigenvalue weighted by Crippen LogP contribution is -2.29. The number of phenols is 1. The molecule has 0 unspecified atom stereocenters. The van der Waals surface area contributed by atoms with Crippen LogP contribution in [0.15, 0.2) is 18.2 Å². The fourth-order valence-corrected chi connectivity index (χ4v) is 0.938. The number of carbonyl (C=O) groups is 2. The number of carboxylic acids is 1. The summed E-state index contributed by atoms with van der Waals surface area (Å²) in [7, 11) is 0. The second-order valence-corrected chi connectivity index (χ2v) is 2.74. The van der Waals surface area contributed by atoms with Crippen LogP contribution in [-0.2, 0) is 4.79 Å². The van der Waals surface area contributed by atoms with Crippen molar-refractivity contribution in [2.45, 2.75) is 0 Å². The molecule has 0 radical (unpaired) electrons. The first-order valence-corrected chi connectivity index (χ1v) is 3.99. The highest BCUT2D eigenvalue weighted by atomic mass is 19.1.